The van der Waals surface area contributed by atoms with Gasteiger partial charge in [0, 0.05) is 24.0 Å². The molecule has 1 saturated carbocycles. The Labute approximate surface area is 255 Å². The molecule has 4 rings (SSSR count). The highest BCUT2D eigenvalue weighted by Gasteiger charge is 2.31. The highest BCUT2D eigenvalue weighted by molar-refractivity contribution is 5.96. The molecule has 1 heterocycles. The first-order valence-electron chi connectivity index (χ1n) is 16.2. The fourth-order valence-corrected chi connectivity index (χ4v) is 5.98. The fourth-order valence-electron chi connectivity index (χ4n) is 5.98. The number of nitrogens with one attached hydrogen (secondary N) is 3. The lowest BCUT2D eigenvalue weighted by atomic mass is 9.83. The number of carbonyl (C=O) groups excluding carboxylic acids is 2. The lowest BCUT2D eigenvalue weighted by molar-refractivity contribution is -0.122. The van der Waals surface area contributed by atoms with Crippen molar-refractivity contribution in [2.24, 2.45) is 5.92 Å². The molecule has 6 heteroatoms. The van der Waals surface area contributed by atoms with Gasteiger partial charge in [-0.3, -0.25) is 14.5 Å². The SMILES string of the molecule is CC.CC.Cc1cccc(C)c1NC(=O)C1CCCCC1N/C=C/CN1CCCCC1C(=O)Nc1c(C)cccc1C. The van der Waals surface area contributed by atoms with Gasteiger partial charge in [-0.25, -0.2) is 0 Å². The van der Waals surface area contributed by atoms with Crippen molar-refractivity contribution >= 4 is 23.2 Å². The predicted molar refractivity (Wildman–Crippen MR) is 179 cm³/mol. The number of rotatable bonds is 8. The molecular formula is C36H56N4O2. The van der Waals surface area contributed by atoms with Crippen molar-refractivity contribution in [1.29, 1.82) is 0 Å². The number of hydrogen-bond acceptors (Lipinski definition) is 4. The van der Waals surface area contributed by atoms with E-state index in [1.165, 1.54) is 0 Å². The van der Waals surface area contributed by atoms with Crippen LogP contribution in [0.3, 0.4) is 0 Å². The van der Waals surface area contributed by atoms with Crippen LogP contribution in [0.4, 0.5) is 11.4 Å². The van der Waals surface area contributed by atoms with Crippen LogP contribution >= 0.6 is 0 Å². The van der Waals surface area contributed by atoms with Crippen molar-refractivity contribution in [2.75, 3.05) is 23.7 Å². The summed E-state index contributed by atoms with van der Waals surface area (Å²) < 4.78 is 0. The average Bonchev–Trinajstić information content (AvgIpc) is 3.01. The summed E-state index contributed by atoms with van der Waals surface area (Å²) in [6, 6.07) is 12.2. The number of aryl methyl sites for hydroxylation is 4. The van der Waals surface area contributed by atoms with Gasteiger partial charge in [0.15, 0.2) is 0 Å². The van der Waals surface area contributed by atoms with E-state index in [0.29, 0.717) is 6.54 Å². The Hall–Kier alpha value is -3.12. The van der Waals surface area contributed by atoms with Crippen LogP contribution in [0.15, 0.2) is 48.7 Å². The molecule has 6 nitrogen and oxygen atoms in total. The number of benzene rings is 2. The first kappa shape index (κ1) is 35.1. The van der Waals surface area contributed by atoms with E-state index in [0.717, 1.165) is 85.1 Å². The molecule has 2 aromatic carbocycles. The van der Waals surface area contributed by atoms with Gasteiger partial charge < -0.3 is 16.0 Å². The minimum absolute atomic E-state index is 0.0572. The summed E-state index contributed by atoms with van der Waals surface area (Å²) in [7, 11) is 0. The number of hydrogen-bond donors (Lipinski definition) is 3. The van der Waals surface area contributed by atoms with E-state index in [4.69, 9.17) is 0 Å². The van der Waals surface area contributed by atoms with Gasteiger partial charge in [0.2, 0.25) is 11.8 Å². The van der Waals surface area contributed by atoms with Gasteiger partial charge in [-0.2, -0.15) is 0 Å². The van der Waals surface area contributed by atoms with Crippen molar-refractivity contribution in [1.82, 2.24) is 10.2 Å². The number of likely N-dealkylation sites (tertiary alicyclic amines) is 1. The Balaban J connectivity index is 0.00000148. The summed E-state index contributed by atoms with van der Waals surface area (Å²) in [6.07, 6.45) is 11.3. The van der Waals surface area contributed by atoms with Crippen LogP contribution in [0.2, 0.25) is 0 Å². The van der Waals surface area contributed by atoms with E-state index < -0.39 is 0 Å². The highest BCUT2D eigenvalue weighted by Crippen LogP contribution is 2.28. The molecule has 0 aromatic heterocycles. The number of anilines is 2. The third-order valence-corrected chi connectivity index (χ3v) is 8.25. The van der Waals surface area contributed by atoms with Gasteiger partial charge in [0.05, 0.1) is 12.0 Å². The van der Waals surface area contributed by atoms with Crippen LogP contribution in [0.25, 0.3) is 0 Å². The van der Waals surface area contributed by atoms with Crippen molar-refractivity contribution in [2.45, 2.75) is 112 Å². The number of carbonyl (C=O) groups is 2. The van der Waals surface area contributed by atoms with Gasteiger partial charge >= 0.3 is 0 Å². The molecule has 3 N–H and O–H groups in total. The first-order chi connectivity index (χ1) is 20.3. The Morgan fingerprint density at radius 1 is 0.738 bits per heavy atom. The molecule has 3 atom stereocenters. The molecular weight excluding hydrogens is 520 g/mol. The normalized spacial score (nSPS) is 20.4. The second-order valence-electron chi connectivity index (χ2n) is 11.1. The number of nitrogens with zero attached hydrogens (tertiary/aromatic N) is 1. The Bertz CT molecular complexity index is 1030. The second-order valence-corrected chi connectivity index (χ2v) is 11.1. The lowest BCUT2D eigenvalue weighted by Gasteiger charge is -2.34. The van der Waals surface area contributed by atoms with Crippen molar-refractivity contribution in [3.63, 3.8) is 0 Å². The van der Waals surface area contributed by atoms with Crippen LogP contribution in [0.5, 0.6) is 0 Å². The Morgan fingerprint density at radius 2 is 1.24 bits per heavy atom. The largest absolute Gasteiger partial charge is 0.388 e. The van der Waals surface area contributed by atoms with Gasteiger partial charge in [-0.05, 0) is 88.4 Å². The zero-order chi connectivity index (χ0) is 31.1. The first-order valence-corrected chi connectivity index (χ1v) is 16.2. The van der Waals surface area contributed by atoms with Gasteiger partial charge in [-0.1, -0.05) is 89.4 Å². The van der Waals surface area contributed by atoms with Crippen LogP contribution in [-0.2, 0) is 9.59 Å². The number of para-hydroxylation sites is 2. The van der Waals surface area contributed by atoms with Crippen LogP contribution < -0.4 is 16.0 Å². The van der Waals surface area contributed by atoms with Crippen molar-refractivity contribution < 1.29 is 9.59 Å². The molecule has 232 valence electrons. The molecule has 1 aliphatic carbocycles. The summed E-state index contributed by atoms with van der Waals surface area (Å²) in [6.45, 7) is 17.8. The predicted octanol–water partition coefficient (Wildman–Crippen LogP) is 8.07. The minimum atomic E-state index is -0.127. The van der Waals surface area contributed by atoms with E-state index in [2.05, 4.69) is 26.9 Å². The number of piperidine rings is 1. The Kier molecular flexibility index (Phi) is 15.4. The molecule has 1 aliphatic heterocycles. The van der Waals surface area contributed by atoms with E-state index in [9.17, 15) is 9.59 Å². The summed E-state index contributed by atoms with van der Waals surface area (Å²) in [5, 5.41) is 9.95. The molecule has 3 unspecified atom stereocenters. The molecule has 0 radical (unpaired) electrons. The summed E-state index contributed by atoms with van der Waals surface area (Å²) in [5.74, 6) is 0.129. The topological polar surface area (TPSA) is 73.5 Å². The zero-order valence-electron chi connectivity index (χ0n) is 27.5. The molecule has 0 spiro atoms. The van der Waals surface area contributed by atoms with E-state index >= 15 is 0 Å². The monoisotopic (exact) mass is 576 g/mol. The quantitative estimate of drug-likeness (QED) is 0.297. The lowest BCUT2D eigenvalue weighted by Crippen LogP contribution is -2.47. The number of amides is 2. The molecule has 2 amide bonds. The van der Waals surface area contributed by atoms with E-state index in [1.807, 2.05) is 98.0 Å². The molecule has 2 aromatic rings. The second kappa shape index (κ2) is 18.4. The smallest absolute Gasteiger partial charge is 0.241 e. The average molecular weight is 577 g/mol. The highest BCUT2D eigenvalue weighted by atomic mass is 16.2. The maximum absolute atomic E-state index is 13.3. The van der Waals surface area contributed by atoms with Crippen LogP contribution in [0, 0.1) is 33.6 Å². The molecule has 0 bridgehead atoms. The van der Waals surface area contributed by atoms with Gasteiger partial charge in [0.1, 0.15) is 0 Å². The van der Waals surface area contributed by atoms with Gasteiger partial charge in [-0.15, -0.1) is 0 Å². The minimum Gasteiger partial charge on any atom is -0.388 e. The summed E-state index contributed by atoms with van der Waals surface area (Å²) in [4.78, 5) is 28.8. The maximum Gasteiger partial charge on any atom is 0.241 e. The van der Waals surface area contributed by atoms with E-state index in [1.54, 1.807) is 0 Å². The van der Waals surface area contributed by atoms with Crippen LogP contribution in [0.1, 0.15) is 94.9 Å². The third-order valence-electron chi connectivity index (χ3n) is 8.25. The third kappa shape index (κ3) is 9.72. The summed E-state index contributed by atoms with van der Waals surface area (Å²) >= 11 is 0. The van der Waals surface area contributed by atoms with Crippen molar-refractivity contribution in [3.05, 3.63) is 70.9 Å². The molecule has 1 saturated heterocycles. The fraction of sp³-hybridized carbons (Fsp3) is 0.556. The maximum atomic E-state index is 13.3. The molecule has 42 heavy (non-hydrogen) atoms. The van der Waals surface area contributed by atoms with Gasteiger partial charge in [0.25, 0.3) is 0 Å². The molecule has 2 fully saturated rings. The zero-order valence-corrected chi connectivity index (χ0v) is 27.5. The standard InChI is InChI=1S/C32H44N4O2.2C2H6/c1-22-12-9-13-23(2)29(22)34-31(37)26-16-5-6-17-27(26)33-19-11-21-36-20-8-7-18-28(36)32(38)35-30-24(3)14-10-15-25(30)4;2*1-2/h9-15,19,26-28,33H,5-8,16-18,20-21H2,1-4H3,(H,34,37)(H,35,38);2*1-2H3/b19-11+;;. The van der Waals surface area contributed by atoms with E-state index in [-0.39, 0.29) is 29.8 Å². The molecule has 2 aliphatic rings. The van der Waals surface area contributed by atoms with Crippen molar-refractivity contribution in [3.8, 4) is 0 Å². The summed E-state index contributed by atoms with van der Waals surface area (Å²) in [5.41, 5.74) is 6.24. The van der Waals surface area contributed by atoms with Crippen LogP contribution in [-0.4, -0.2) is 41.9 Å². The Morgan fingerprint density at radius 3 is 1.81 bits per heavy atom.